The summed E-state index contributed by atoms with van der Waals surface area (Å²) >= 11 is 5.90. The molecule has 0 amide bonds. The molecule has 0 radical (unpaired) electrons. The van der Waals surface area contributed by atoms with E-state index in [9.17, 15) is 4.79 Å². The number of ether oxygens (including phenoxy) is 1. The molecule has 0 bridgehead atoms. The standard InChI is InChI=1S/C15H13ClO2/c1-10-3-6-14(7-11(10)2)18-15-8-13(16)5-4-12(15)9-17/h3-9H,1-2H3. The Hall–Kier alpha value is -1.80. The SMILES string of the molecule is Cc1ccc(Oc2cc(Cl)ccc2C=O)cc1C. The minimum absolute atomic E-state index is 0.473. The molecule has 0 aliphatic heterocycles. The smallest absolute Gasteiger partial charge is 0.153 e. The third-order valence-electron chi connectivity index (χ3n) is 2.81. The molecule has 0 aromatic heterocycles. The molecule has 0 atom stereocenters. The highest BCUT2D eigenvalue weighted by atomic mass is 35.5. The molecule has 0 N–H and O–H groups in total. The van der Waals surface area contributed by atoms with Gasteiger partial charge in [0.05, 0.1) is 5.56 Å². The lowest BCUT2D eigenvalue weighted by Gasteiger charge is -2.10. The number of aldehydes is 1. The molecule has 2 nitrogen and oxygen atoms in total. The fourth-order valence-electron chi connectivity index (χ4n) is 1.60. The molecule has 3 heteroatoms. The van der Waals surface area contributed by atoms with Gasteiger partial charge in [0, 0.05) is 11.1 Å². The van der Waals surface area contributed by atoms with Crippen LogP contribution in [0.15, 0.2) is 36.4 Å². The predicted molar refractivity (Wildman–Crippen MR) is 72.8 cm³/mol. The van der Waals surface area contributed by atoms with Crippen molar-refractivity contribution in [3.8, 4) is 11.5 Å². The number of hydrogen-bond donors (Lipinski definition) is 0. The maximum atomic E-state index is 10.9. The molecule has 0 spiro atoms. The van der Waals surface area contributed by atoms with Crippen LogP contribution in [0, 0.1) is 13.8 Å². The molecule has 0 aliphatic rings. The molecule has 0 aliphatic carbocycles. The van der Waals surface area contributed by atoms with Crippen LogP contribution in [0.2, 0.25) is 5.02 Å². The summed E-state index contributed by atoms with van der Waals surface area (Å²) in [5, 5.41) is 0.541. The number of carbonyl (C=O) groups excluding carboxylic acids is 1. The van der Waals surface area contributed by atoms with Gasteiger partial charge in [-0.05, 0) is 49.2 Å². The molecule has 92 valence electrons. The van der Waals surface area contributed by atoms with Crippen molar-refractivity contribution in [3.05, 3.63) is 58.1 Å². The minimum atomic E-state index is 0.473. The Kier molecular flexibility index (Phi) is 3.68. The van der Waals surface area contributed by atoms with E-state index in [1.807, 2.05) is 32.0 Å². The van der Waals surface area contributed by atoms with Gasteiger partial charge in [0.25, 0.3) is 0 Å². The van der Waals surface area contributed by atoms with Gasteiger partial charge in [-0.15, -0.1) is 0 Å². The van der Waals surface area contributed by atoms with Crippen LogP contribution in [0.5, 0.6) is 11.5 Å². The Morgan fingerprint density at radius 3 is 2.50 bits per heavy atom. The predicted octanol–water partition coefficient (Wildman–Crippen LogP) is 4.56. The van der Waals surface area contributed by atoms with Gasteiger partial charge >= 0.3 is 0 Å². The van der Waals surface area contributed by atoms with E-state index < -0.39 is 0 Å². The van der Waals surface area contributed by atoms with Gasteiger partial charge in [-0.3, -0.25) is 4.79 Å². The number of rotatable bonds is 3. The topological polar surface area (TPSA) is 26.3 Å². The number of hydrogen-bond acceptors (Lipinski definition) is 2. The van der Waals surface area contributed by atoms with Crippen LogP contribution in [0.25, 0.3) is 0 Å². The molecule has 0 saturated carbocycles. The first-order valence-electron chi connectivity index (χ1n) is 5.60. The van der Waals surface area contributed by atoms with Crippen molar-refractivity contribution in [2.75, 3.05) is 0 Å². The Labute approximate surface area is 111 Å². The van der Waals surface area contributed by atoms with Crippen molar-refractivity contribution < 1.29 is 9.53 Å². The minimum Gasteiger partial charge on any atom is -0.457 e. The Morgan fingerprint density at radius 2 is 1.83 bits per heavy atom. The van der Waals surface area contributed by atoms with E-state index in [2.05, 4.69) is 0 Å². The maximum Gasteiger partial charge on any atom is 0.153 e. The normalized spacial score (nSPS) is 10.2. The van der Waals surface area contributed by atoms with Gasteiger partial charge in [-0.2, -0.15) is 0 Å². The zero-order chi connectivity index (χ0) is 13.1. The summed E-state index contributed by atoms with van der Waals surface area (Å²) in [6.45, 7) is 4.05. The van der Waals surface area contributed by atoms with Crippen molar-refractivity contribution in [3.63, 3.8) is 0 Å². The average molecular weight is 261 g/mol. The molecule has 0 heterocycles. The summed E-state index contributed by atoms with van der Waals surface area (Å²) in [5.74, 6) is 1.17. The highest BCUT2D eigenvalue weighted by Gasteiger charge is 2.06. The summed E-state index contributed by atoms with van der Waals surface area (Å²) in [6, 6.07) is 10.7. The van der Waals surface area contributed by atoms with Crippen molar-refractivity contribution in [1.29, 1.82) is 0 Å². The third kappa shape index (κ3) is 2.71. The third-order valence-corrected chi connectivity index (χ3v) is 3.04. The largest absolute Gasteiger partial charge is 0.457 e. The number of benzene rings is 2. The quantitative estimate of drug-likeness (QED) is 0.756. The van der Waals surface area contributed by atoms with Crippen molar-refractivity contribution >= 4 is 17.9 Å². The van der Waals surface area contributed by atoms with Crippen LogP contribution < -0.4 is 4.74 Å². The van der Waals surface area contributed by atoms with E-state index in [0.29, 0.717) is 22.1 Å². The molecular formula is C15H13ClO2. The number of carbonyl (C=O) groups is 1. The van der Waals surface area contributed by atoms with Crippen LogP contribution in [-0.2, 0) is 0 Å². The maximum absolute atomic E-state index is 10.9. The Balaban J connectivity index is 2.35. The summed E-state index contributed by atoms with van der Waals surface area (Å²) in [7, 11) is 0. The van der Waals surface area contributed by atoms with Gasteiger partial charge in [-0.1, -0.05) is 17.7 Å². The van der Waals surface area contributed by atoms with Gasteiger partial charge in [-0.25, -0.2) is 0 Å². The Morgan fingerprint density at radius 1 is 1.06 bits per heavy atom. The van der Waals surface area contributed by atoms with Gasteiger partial charge in [0.2, 0.25) is 0 Å². The first kappa shape index (κ1) is 12.7. The first-order valence-corrected chi connectivity index (χ1v) is 5.98. The fourth-order valence-corrected chi connectivity index (χ4v) is 1.76. The van der Waals surface area contributed by atoms with Crippen LogP contribution in [0.3, 0.4) is 0 Å². The van der Waals surface area contributed by atoms with Gasteiger partial charge in [0.15, 0.2) is 6.29 Å². The van der Waals surface area contributed by atoms with E-state index in [-0.39, 0.29) is 0 Å². The Bertz CT molecular complexity index is 591. The lowest BCUT2D eigenvalue weighted by molar-refractivity contribution is 0.112. The van der Waals surface area contributed by atoms with Crippen LogP contribution in [-0.4, -0.2) is 6.29 Å². The summed E-state index contributed by atoms with van der Waals surface area (Å²) in [6.07, 6.45) is 0.757. The zero-order valence-electron chi connectivity index (χ0n) is 10.2. The van der Waals surface area contributed by atoms with E-state index in [4.69, 9.17) is 16.3 Å². The second-order valence-corrected chi connectivity index (χ2v) is 4.58. The van der Waals surface area contributed by atoms with Crippen molar-refractivity contribution in [2.45, 2.75) is 13.8 Å². The monoisotopic (exact) mass is 260 g/mol. The first-order chi connectivity index (χ1) is 8.60. The lowest BCUT2D eigenvalue weighted by atomic mass is 10.1. The number of halogens is 1. The molecule has 0 saturated heterocycles. The molecule has 2 aromatic rings. The van der Waals surface area contributed by atoms with Crippen LogP contribution >= 0.6 is 11.6 Å². The summed E-state index contributed by atoms with van der Waals surface area (Å²) < 4.78 is 5.70. The number of aryl methyl sites for hydroxylation is 2. The highest BCUT2D eigenvalue weighted by Crippen LogP contribution is 2.28. The summed E-state index contributed by atoms with van der Waals surface area (Å²) in [4.78, 5) is 10.9. The highest BCUT2D eigenvalue weighted by molar-refractivity contribution is 6.30. The van der Waals surface area contributed by atoms with E-state index in [1.54, 1.807) is 18.2 Å². The molecular weight excluding hydrogens is 248 g/mol. The average Bonchev–Trinajstić information content (AvgIpc) is 2.34. The van der Waals surface area contributed by atoms with Crippen molar-refractivity contribution in [1.82, 2.24) is 0 Å². The van der Waals surface area contributed by atoms with E-state index >= 15 is 0 Å². The molecule has 2 rings (SSSR count). The van der Waals surface area contributed by atoms with E-state index in [1.165, 1.54) is 5.56 Å². The van der Waals surface area contributed by atoms with Gasteiger partial charge < -0.3 is 4.74 Å². The van der Waals surface area contributed by atoms with Crippen molar-refractivity contribution in [2.24, 2.45) is 0 Å². The zero-order valence-corrected chi connectivity index (χ0v) is 11.0. The van der Waals surface area contributed by atoms with Crippen LogP contribution in [0.4, 0.5) is 0 Å². The molecule has 18 heavy (non-hydrogen) atoms. The fraction of sp³-hybridized carbons (Fsp3) is 0.133. The second kappa shape index (κ2) is 5.23. The molecule has 0 fully saturated rings. The van der Waals surface area contributed by atoms with Gasteiger partial charge in [0.1, 0.15) is 11.5 Å². The molecule has 2 aromatic carbocycles. The van der Waals surface area contributed by atoms with E-state index in [0.717, 1.165) is 11.8 Å². The summed E-state index contributed by atoms with van der Waals surface area (Å²) in [5.41, 5.74) is 2.82. The van der Waals surface area contributed by atoms with Crippen LogP contribution in [0.1, 0.15) is 21.5 Å². The molecule has 0 unspecified atom stereocenters. The lowest BCUT2D eigenvalue weighted by Crippen LogP contribution is -1.91. The second-order valence-electron chi connectivity index (χ2n) is 4.15.